The normalized spacial score (nSPS) is 16.8. The lowest BCUT2D eigenvalue weighted by molar-refractivity contribution is 0.605. The summed E-state index contributed by atoms with van der Waals surface area (Å²) >= 11 is 6.18. The Balaban J connectivity index is 1.99. The molecule has 5 nitrogen and oxygen atoms in total. The molecule has 0 spiro atoms. The highest BCUT2D eigenvalue weighted by Crippen LogP contribution is 2.38. The van der Waals surface area contributed by atoms with Gasteiger partial charge in [0.15, 0.2) is 5.76 Å². The van der Waals surface area contributed by atoms with Gasteiger partial charge in [0.25, 0.3) is 0 Å². The first-order valence-electron chi connectivity index (χ1n) is 8.57. The van der Waals surface area contributed by atoms with Gasteiger partial charge in [0.05, 0.1) is 0 Å². The molecule has 0 aliphatic carbocycles. The van der Waals surface area contributed by atoms with Crippen LogP contribution in [-0.2, 0) is 0 Å². The summed E-state index contributed by atoms with van der Waals surface area (Å²) < 4.78 is 6.11. The fraction of sp³-hybridized carbons (Fsp3) is 0.200. The largest absolute Gasteiger partial charge is 0.452 e. The monoisotopic (exact) mass is 366 g/mol. The van der Waals surface area contributed by atoms with E-state index in [2.05, 4.69) is 11.9 Å². The maximum absolute atomic E-state index is 6.28. The van der Waals surface area contributed by atoms with Crippen molar-refractivity contribution in [2.75, 3.05) is 5.73 Å². The molecule has 0 fully saturated rings. The molecule has 3 aromatic rings. The molecule has 132 valence electrons. The van der Waals surface area contributed by atoms with E-state index in [0.717, 1.165) is 29.5 Å². The number of aliphatic imine (C=N–C) groups is 2. The summed E-state index contributed by atoms with van der Waals surface area (Å²) in [7, 11) is 0. The first-order valence-corrected chi connectivity index (χ1v) is 8.94. The zero-order valence-electron chi connectivity index (χ0n) is 14.4. The molecule has 1 atom stereocenters. The number of anilines is 1. The molecule has 1 unspecified atom stereocenters. The number of halogens is 1. The lowest BCUT2D eigenvalue weighted by Gasteiger charge is -2.11. The predicted molar refractivity (Wildman–Crippen MR) is 108 cm³/mol. The van der Waals surface area contributed by atoms with Gasteiger partial charge in [0, 0.05) is 21.7 Å². The zero-order chi connectivity index (χ0) is 18.3. The van der Waals surface area contributed by atoms with Gasteiger partial charge in [0.1, 0.15) is 28.9 Å². The van der Waals surface area contributed by atoms with Crippen LogP contribution in [0.5, 0.6) is 0 Å². The minimum Gasteiger partial charge on any atom is -0.452 e. The first-order chi connectivity index (χ1) is 12.6. The molecule has 0 amide bonds. The van der Waals surface area contributed by atoms with E-state index in [1.807, 2.05) is 36.4 Å². The fourth-order valence-electron chi connectivity index (χ4n) is 3.15. The number of nitrogens with zero attached hydrogens (tertiary/aromatic N) is 2. The maximum Gasteiger partial charge on any atom is 0.179 e. The summed E-state index contributed by atoms with van der Waals surface area (Å²) in [6, 6.07) is 12.8. The van der Waals surface area contributed by atoms with Gasteiger partial charge in [-0.25, -0.2) is 4.99 Å². The van der Waals surface area contributed by atoms with Crippen LogP contribution >= 0.6 is 11.6 Å². The molecule has 4 N–H and O–H groups in total. The van der Waals surface area contributed by atoms with Gasteiger partial charge in [-0.2, -0.15) is 0 Å². The van der Waals surface area contributed by atoms with E-state index >= 15 is 0 Å². The summed E-state index contributed by atoms with van der Waals surface area (Å²) in [5.41, 5.74) is 15.8. The summed E-state index contributed by atoms with van der Waals surface area (Å²) in [6.45, 7) is 2.10. The van der Waals surface area contributed by atoms with Gasteiger partial charge < -0.3 is 15.9 Å². The smallest absolute Gasteiger partial charge is 0.179 e. The minimum atomic E-state index is -0.190. The van der Waals surface area contributed by atoms with E-state index in [4.69, 9.17) is 32.5 Å². The third kappa shape index (κ3) is 2.84. The van der Waals surface area contributed by atoms with E-state index in [-0.39, 0.29) is 6.04 Å². The Hall–Kier alpha value is -2.79. The Kier molecular flexibility index (Phi) is 4.17. The number of benzene rings is 2. The van der Waals surface area contributed by atoms with Gasteiger partial charge in [-0.05, 0) is 36.8 Å². The van der Waals surface area contributed by atoms with Crippen LogP contribution in [0.25, 0.3) is 11.0 Å². The number of amidine groups is 1. The molecule has 0 saturated carbocycles. The topological polar surface area (TPSA) is 89.9 Å². The molecule has 1 aromatic heterocycles. The van der Waals surface area contributed by atoms with E-state index in [1.54, 1.807) is 6.07 Å². The molecule has 6 heteroatoms. The molecule has 2 aromatic carbocycles. The van der Waals surface area contributed by atoms with Crippen molar-refractivity contribution in [2.45, 2.75) is 25.8 Å². The van der Waals surface area contributed by atoms with Crippen LogP contribution in [0.3, 0.4) is 0 Å². The van der Waals surface area contributed by atoms with Crippen molar-refractivity contribution in [1.82, 2.24) is 0 Å². The van der Waals surface area contributed by atoms with Gasteiger partial charge in [0.2, 0.25) is 0 Å². The van der Waals surface area contributed by atoms with Crippen LogP contribution in [0, 0.1) is 0 Å². The molecular weight excluding hydrogens is 348 g/mol. The highest BCUT2D eigenvalue weighted by Gasteiger charge is 2.26. The molecule has 0 saturated heterocycles. The number of furan rings is 1. The van der Waals surface area contributed by atoms with Crippen LogP contribution in [-0.4, -0.2) is 17.6 Å². The summed E-state index contributed by atoms with van der Waals surface area (Å²) in [6.07, 6.45) is 1.77. The summed E-state index contributed by atoms with van der Waals surface area (Å²) in [5.74, 6) is 1.09. The second-order valence-corrected chi connectivity index (χ2v) is 6.80. The van der Waals surface area contributed by atoms with E-state index < -0.39 is 0 Å². The number of nitrogens with two attached hydrogens (primary N) is 2. The van der Waals surface area contributed by atoms with Crippen molar-refractivity contribution >= 4 is 45.5 Å². The molecule has 2 heterocycles. The molecular formula is C20H19ClN4O. The Bertz CT molecular complexity index is 1030. The third-order valence-electron chi connectivity index (χ3n) is 4.45. The highest BCUT2D eigenvalue weighted by atomic mass is 35.5. The van der Waals surface area contributed by atoms with Crippen molar-refractivity contribution in [3.63, 3.8) is 0 Å². The number of hydrogen-bond donors (Lipinski definition) is 2. The standard InChI is InChI=1S/C20H19ClN4O/c1-2-3-15-20(23)25-18-14-10-12(21)6-9-16(14)26-19(18)17(24-15)11-4-7-13(22)8-5-11/h4-10,15H,2-3,22H2,1H3,(H2,23,25). The lowest BCUT2D eigenvalue weighted by Crippen LogP contribution is -2.27. The first kappa shape index (κ1) is 16.7. The van der Waals surface area contributed by atoms with Crippen LogP contribution in [0.2, 0.25) is 5.02 Å². The van der Waals surface area contributed by atoms with E-state index in [1.165, 1.54) is 0 Å². The number of nitrogen functional groups attached to an aromatic ring is 1. The SMILES string of the molecule is CCCC1N=C(c2ccc(N)cc2)c2oc3ccc(Cl)cc3c2N=C1N. The van der Waals surface area contributed by atoms with Crippen molar-refractivity contribution in [3.05, 3.63) is 58.8 Å². The van der Waals surface area contributed by atoms with Crippen molar-refractivity contribution < 1.29 is 4.42 Å². The van der Waals surface area contributed by atoms with Crippen molar-refractivity contribution in [2.24, 2.45) is 15.7 Å². The Morgan fingerprint density at radius 2 is 1.88 bits per heavy atom. The fourth-order valence-corrected chi connectivity index (χ4v) is 3.32. The average molecular weight is 367 g/mol. The maximum atomic E-state index is 6.28. The van der Waals surface area contributed by atoms with Crippen LogP contribution in [0.15, 0.2) is 56.9 Å². The number of hydrogen-bond acceptors (Lipinski definition) is 5. The molecule has 4 rings (SSSR count). The lowest BCUT2D eigenvalue weighted by atomic mass is 10.1. The Labute approximate surface area is 156 Å². The predicted octanol–water partition coefficient (Wildman–Crippen LogP) is 4.68. The van der Waals surface area contributed by atoms with Crippen LogP contribution < -0.4 is 11.5 Å². The quantitative estimate of drug-likeness (QED) is 0.659. The van der Waals surface area contributed by atoms with Crippen LogP contribution in [0.1, 0.15) is 31.1 Å². The zero-order valence-corrected chi connectivity index (χ0v) is 15.1. The number of rotatable bonds is 3. The van der Waals surface area contributed by atoms with E-state index in [9.17, 15) is 0 Å². The Morgan fingerprint density at radius 3 is 2.62 bits per heavy atom. The van der Waals surface area contributed by atoms with Crippen LogP contribution in [0.4, 0.5) is 11.4 Å². The van der Waals surface area contributed by atoms with Gasteiger partial charge in [-0.1, -0.05) is 37.1 Å². The molecule has 1 aliphatic rings. The van der Waals surface area contributed by atoms with E-state index in [0.29, 0.717) is 33.6 Å². The molecule has 0 radical (unpaired) electrons. The van der Waals surface area contributed by atoms with Gasteiger partial charge in [-0.15, -0.1) is 0 Å². The summed E-state index contributed by atoms with van der Waals surface area (Å²) in [5, 5.41) is 1.45. The molecule has 1 aliphatic heterocycles. The molecule has 26 heavy (non-hydrogen) atoms. The summed E-state index contributed by atoms with van der Waals surface area (Å²) in [4.78, 5) is 9.56. The highest BCUT2D eigenvalue weighted by molar-refractivity contribution is 6.31. The second kappa shape index (κ2) is 6.50. The minimum absolute atomic E-state index is 0.190. The third-order valence-corrected chi connectivity index (χ3v) is 4.69. The average Bonchev–Trinajstić information content (AvgIpc) is 2.90. The van der Waals surface area contributed by atoms with Crippen molar-refractivity contribution in [1.29, 1.82) is 0 Å². The van der Waals surface area contributed by atoms with Gasteiger partial charge >= 0.3 is 0 Å². The second-order valence-electron chi connectivity index (χ2n) is 6.36. The van der Waals surface area contributed by atoms with Crippen molar-refractivity contribution in [3.8, 4) is 0 Å². The number of fused-ring (bicyclic) bond motifs is 3. The van der Waals surface area contributed by atoms with Gasteiger partial charge in [-0.3, -0.25) is 4.99 Å². The Morgan fingerprint density at radius 1 is 1.12 bits per heavy atom. The molecule has 0 bridgehead atoms.